The maximum atomic E-state index is 14.0. The minimum Gasteiger partial charge on any atom is -0.465 e. The number of hydrogen-bond donors (Lipinski definition) is 4. The first-order valence-electron chi connectivity index (χ1n) is 15.5. The highest BCUT2D eigenvalue weighted by Gasteiger charge is 2.53. The first kappa shape index (κ1) is 34.5. The number of nitrogens with zero attached hydrogens (tertiary/aromatic N) is 1. The fourth-order valence-electron chi connectivity index (χ4n) is 6.44. The van der Waals surface area contributed by atoms with Crippen LogP contribution >= 0.6 is 0 Å². The van der Waals surface area contributed by atoms with Crippen LogP contribution < -0.4 is 5.32 Å². The van der Waals surface area contributed by atoms with Crippen LogP contribution in [0.15, 0.2) is 43.0 Å². The molecule has 0 aromatic heterocycles. The van der Waals surface area contributed by atoms with Crippen LogP contribution in [0.5, 0.6) is 0 Å². The Balaban J connectivity index is 1.47. The standard InChI is InChI=1S/C32H44N2O11/c1-4-16-43-31(41)27-25(36)24(35)26(37)32(44-27)45-30(40)23-17-20-12-9-13-22(20)34(23)28(38)18(3)33-21(29(39)42-5-2)15-14-19-10-7-6-8-11-19/h4,6-8,10-11,18,20-27,32-33,35-37H,1,5,9,12-17H2,2-3H3/t18-,20-,21-,22-,23-,24-,25-,26-,27-,32+/m0/s1. The summed E-state index contributed by atoms with van der Waals surface area (Å²) < 4.78 is 21.0. The van der Waals surface area contributed by atoms with E-state index in [0.29, 0.717) is 25.7 Å². The molecule has 1 saturated carbocycles. The Morgan fingerprint density at radius 2 is 1.80 bits per heavy atom. The Morgan fingerprint density at radius 1 is 1.07 bits per heavy atom. The molecule has 2 heterocycles. The highest BCUT2D eigenvalue weighted by molar-refractivity contribution is 5.89. The van der Waals surface area contributed by atoms with E-state index < -0.39 is 72.6 Å². The summed E-state index contributed by atoms with van der Waals surface area (Å²) in [5.74, 6) is -2.75. The Hall–Kier alpha value is -3.36. The van der Waals surface area contributed by atoms with Gasteiger partial charge in [-0.2, -0.15) is 0 Å². The van der Waals surface area contributed by atoms with Crippen LogP contribution in [-0.4, -0.2) is 112 Å². The smallest absolute Gasteiger partial charge is 0.338 e. The molecule has 1 amide bonds. The SMILES string of the molecule is C=CCOC(=O)[C@H]1O[C@H](OC(=O)[C@@H]2C[C@@H]3CCC[C@@H]3N2C(=O)[C@H](C)N[C@@H](CCc2ccccc2)C(=O)OCC)[C@@H](O)[C@@H](O)[C@@H]1O. The van der Waals surface area contributed by atoms with E-state index in [9.17, 15) is 34.5 Å². The van der Waals surface area contributed by atoms with Gasteiger partial charge in [0.2, 0.25) is 12.2 Å². The molecule has 2 saturated heterocycles. The third-order valence-corrected chi connectivity index (χ3v) is 8.70. The molecule has 13 nitrogen and oxygen atoms in total. The topological polar surface area (TPSA) is 181 Å². The number of benzene rings is 1. The quantitative estimate of drug-likeness (QED) is 0.134. The van der Waals surface area contributed by atoms with Crippen molar-refractivity contribution >= 4 is 23.8 Å². The van der Waals surface area contributed by atoms with Gasteiger partial charge in [0.25, 0.3) is 0 Å². The van der Waals surface area contributed by atoms with E-state index in [-0.39, 0.29) is 25.2 Å². The molecular formula is C32H44N2O11. The number of esters is 3. The number of ether oxygens (including phenoxy) is 4. The summed E-state index contributed by atoms with van der Waals surface area (Å²) in [4.78, 5) is 54.2. The van der Waals surface area contributed by atoms with E-state index in [0.717, 1.165) is 18.4 Å². The number of aryl methyl sites for hydroxylation is 1. The minimum atomic E-state index is -1.88. The van der Waals surface area contributed by atoms with Crippen LogP contribution in [0.2, 0.25) is 0 Å². The Labute approximate surface area is 262 Å². The molecule has 3 aliphatic rings. The van der Waals surface area contributed by atoms with Gasteiger partial charge in [0, 0.05) is 6.04 Å². The van der Waals surface area contributed by atoms with Gasteiger partial charge >= 0.3 is 17.9 Å². The Bertz CT molecular complexity index is 1200. The first-order valence-corrected chi connectivity index (χ1v) is 15.5. The number of hydrogen-bond acceptors (Lipinski definition) is 12. The summed E-state index contributed by atoms with van der Waals surface area (Å²) in [7, 11) is 0. The second-order valence-electron chi connectivity index (χ2n) is 11.7. The van der Waals surface area contributed by atoms with Crippen LogP contribution in [0.1, 0.15) is 51.5 Å². The number of fused-ring (bicyclic) bond motifs is 1. The molecule has 2 aliphatic heterocycles. The monoisotopic (exact) mass is 632 g/mol. The zero-order chi connectivity index (χ0) is 32.7. The van der Waals surface area contributed by atoms with Crippen LogP contribution in [0, 0.1) is 5.92 Å². The molecule has 0 bridgehead atoms. The van der Waals surface area contributed by atoms with Gasteiger partial charge in [0.05, 0.1) is 12.6 Å². The largest absolute Gasteiger partial charge is 0.465 e. The highest BCUT2D eigenvalue weighted by atomic mass is 16.7. The van der Waals surface area contributed by atoms with Crippen LogP contribution in [0.4, 0.5) is 0 Å². The van der Waals surface area contributed by atoms with Crippen molar-refractivity contribution in [3.63, 3.8) is 0 Å². The fourth-order valence-corrected chi connectivity index (χ4v) is 6.44. The molecule has 0 unspecified atom stereocenters. The third-order valence-electron chi connectivity index (χ3n) is 8.70. The molecule has 1 aromatic carbocycles. The second kappa shape index (κ2) is 15.8. The number of aliphatic hydroxyl groups excluding tert-OH is 3. The molecule has 0 radical (unpaired) electrons. The fraction of sp³-hybridized carbons (Fsp3) is 0.625. The van der Waals surface area contributed by atoms with E-state index in [1.54, 1.807) is 13.8 Å². The van der Waals surface area contributed by atoms with Crippen molar-refractivity contribution in [1.29, 1.82) is 0 Å². The van der Waals surface area contributed by atoms with Gasteiger partial charge < -0.3 is 39.2 Å². The van der Waals surface area contributed by atoms with Crippen molar-refractivity contribution in [2.75, 3.05) is 13.2 Å². The summed E-state index contributed by atoms with van der Waals surface area (Å²) in [5.41, 5.74) is 1.03. The number of nitrogens with one attached hydrogen (secondary N) is 1. The zero-order valence-corrected chi connectivity index (χ0v) is 25.7. The van der Waals surface area contributed by atoms with Crippen molar-refractivity contribution in [1.82, 2.24) is 10.2 Å². The Kier molecular flexibility index (Phi) is 12.1. The molecule has 4 N–H and O–H groups in total. The van der Waals surface area contributed by atoms with Crippen molar-refractivity contribution < 1.29 is 53.4 Å². The van der Waals surface area contributed by atoms with E-state index in [2.05, 4.69) is 11.9 Å². The van der Waals surface area contributed by atoms with Gasteiger partial charge in [0.1, 0.15) is 37.0 Å². The number of carbonyl (C=O) groups is 4. The number of likely N-dealkylation sites (tertiary alicyclic amines) is 1. The van der Waals surface area contributed by atoms with Crippen molar-refractivity contribution in [2.24, 2.45) is 5.92 Å². The first-order chi connectivity index (χ1) is 21.6. The van der Waals surface area contributed by atoms with E-state index in [1.165, 1.54) is 11.0 Å². The Morgan fingerprint density at radius 3 is 2.49 bits per heavy atom. The lowest BCUT2D eigenvalue weighted by Crippen LogP contribution is -2.61. The highest BCUT2D eigenvalue weighted by Crippen LogP contribution is 2.42. The molecule has 3 fully saturated rings. The number of aliphatic hydroxyl groups is 3. The maximum absolute atomic E-state index is 14.0. The molecule has 4 rings (SSSR count). The van der Waals surface area contributed by atoms with E-state index >= 15 is 0 Å². The minimum absolute atomic E-state index is 0.0453. The van der Waals surface area contributed by atoms with Gasteiger partial charge in [-0.3, -0.25) is 14.9 Å². The third kappa shape index (κ3) is 8.08. The lowest BCUT2D eigenvalue weighted by Gasteiger charge is -2.39. The predicted molar refractivity (Wildman–Crippen MR) is 158 cm³/mol. The van der Waals surface area contributed by atoms with Gasteiger partial charge in [-0.15, -0.1) is 0 Å². The van der Waals surface area contributed by atoms with Gasteiger partial charge in [0.15, 0.2) is 6.10 Å². The van der Waals surface area contributed by atoms with Crippen molar-refractivity contribution in [3.8, 4) is 0 Å². The van der Waals surface area contributed by atoms with Crippen LogP contribution in [0.3, 0.4) is 0 Å². The molecule has 1 aromatic rings. The molecule has 0 spiro atoms. The van der Waals surface area contributed by atoms with Gasteiger partial charge in [-0.25, -0.2) is 9.59 Å². The van der Waals surface area contributed by atoms with Gasteiger partial charge in [-0.1, -0.05) is 49.4 Å². The second-order valence-corrected chi connectivity index (χ2v) is 11.7. The molecule has 45 heavy (non-hydrogen) atoms. The summed E-state index contributed by atoms with van der Waals surface area (Å²) in [6.45, 7) is 6.77. The molecule has 248 valence electrons. The lowest BCUT2D eigenvalue weighted by molar-refractivity contribution is -0.288. The summed E-state index contributed by atoms with van der Waals surface area (Å²) in [6, 6.07) is 6.75. The molecular weight excluding hydrogens is 588 g/mol. The lowest BCUT2D eigenvalue weighted by atomic mass is 9.99. The zero-order valence-electron chi connectivity index (χ0n) is 25.7. The van der Waals surface area contributed by atoms with Crippen molar-refractivity contribution in [2.45, 2.75) is 107 Å². The van der Waals surface area contributed by atoms with Crippen molar-refractivity contribution in [3.05, 3.63) is 48.6 Å². The molecule has 10 atom stereocenters. The summed E-state index contributed by atoms with van der Waals surface area (Å²) >= 11 is 0. The number of rotatable bonds is 13. The van der Waals surface area contributed by atoms with Gasteiger partial charge in [-0.05, 0) is 57.4 Å². The summed E-state index contributed by atoms with van der Waals surface area (Å²) in [6.07, 6.45) is -4.16. The van der Waals surface area contributed by atoms with E-state index in [1.807, 2.05) is 30.3 Å². The van der Waals surface area contributed by atoms with E-state index in [4.69, 9.17) is 18.9 Å². The number of amides is 1. The number of carbonyl (C=O) groups excluding carboxylic acids is 4. The molecule has 1 aliphatic carbocycles. The molecule has 13 heteroatoms. The average Bonchev–Trinajstić information content (AvgIpc) is 3.64. The summed E-state index contributed by atoms with van der Waals surface area (Å²) in [5, 5.41) is 34.3. The van der Waals surface area contributed by atoms with Crippen LogP contribution in [0.25, 0.3) is 0 Å². The normalized spacial score (nSPS) is 30.6. The average molecular weight is 633 g/mol. The van der Waals surface area contributed by atoms with Crippen LogP contribution in [-0.2, 0) is 44.5 Å². The predicted octanol–water partition coefficient (Wildman–Crippen LogP) is 0.379. The maximum Gasteiger partial charge on any atom is 0.338 e.